The summed E-state index contributed by atoms with van der Waals surface area (Å²) in [6.45, 7) is 3.66. The number of carboxylic acid groups (broad SMARTS) is 1. The Morgan fingerprint density at radius 1 is 1.19 bits per heavy atom. The van der Waals surface area contributed by atoms with Gasteiger partial charge in [0.1, 0.15) is 0 Å². The minimum atomic E-state index is -0.841. The van der Waals surface area contributed by atoms with Crippen LogP contribution in [0, 0.1) is 0 Å². The Morgan fingerprint density at radius 3 is 2.52 bits per heavy atom. The molecule has 1 aromatic carbocycles. The lowest BCUT2D eigenvalue weighted by Gasteiger charge is -2.15. The van der Waals surface area contributed by atoms with Crippen molar-refractivity contribution < 1.29 is 19.5 Å². The topological polar surface area (TPSA) is 83.5 Å². The molecule has 112 valence electrons. The van der Waals surface area contributed by atoms with Crippen molar-refractivity contribution >= 4 is 23.3 Å². The van der Waals surface area contributed by atoms with Crippen molar-refractivity contribution in [3.63, 3.8) is 0 Å². The third-order valence-corrected chi connectivity index (χ3v) is 3.88. The fourth-order valence-electron chi connectivity index (χ4n) is 2.45. The maximum atomic E-state index is 12.1. The minimum absolute atomic E-state index is 0.0154. The molecule has 5 heteroatoms. The van der Waals surface area contributed by atoms with Crippen molar-refractivity contribution in [2.24, 2.45) is 0 Å². The van der Waals surface area contributed by atoms with Gasteiger partial charge in [-0.05, 0) is 50.5 Å². The molecule has 2 N–H and O–H groups in total. The number of amides is 1. The van der Waals surface area contributed by atoms with Gasteiger partial charge in [-0.2, -0.15) is 0 Å². The van der Waals surface area contributed by atoms with Gasteiger partial charge < -0.3 is 10.4 Å². The zero-order valence-electron chi connectivity index (χ0n) is 12.2. The van der Waals surface area contributed by atoms with Crippen LogP contribution >= 0.6 is 0 Å². The second-order valence-corrected chi connectivity index (χ2v) is 5.86. The molecule has 0 atom stereocenters. The maximum Gasteiger partial charge on any atom is 0.303 e. The summed E-state index contributed by atoms with van der Waals surface area (Å²) >= 11 is 0. The molecule has 0 saturated carbocycles. The van der Waals surface area contributed by atoms with E-state index in [1.807, 2.05) is 13.8 Å². The molecule has 0 bridgehead atoms. The smallest absolute Gasteiger partial charge is 0.303 e. The summed E-state index contributed by atoms with van der Waals surface area (Å²) in [7, 11) is 0. The third-order valence-electron chi connectivity index (χ3n) is 3.88. The zero-order valence-corrected chi connectivity index (χ0v) is 12.2. The van der Waals surface area contributed by atoms with Crippen LogP contribution in [0.5, 0.6) is 0 Å². The summed E-state index contributed by atoms with van der Waals surface area (Å²) in [6, 6.07) is 5.24. The van der Waals surface area contributed by atoms with Crippen molar-refractivity contribution in [3.05, 3.63) is 29.3 Å². The predicted octanol–water partition coefficient (Wildman–Crippen LogP) is 2.74. The Morgan fingerprint density at radius 2 is 1.86 bits per heavy atom. The number of ketones is 1. The van der Waals surface area contributed by atoms with Crippen molar-refractivity contribution in [2.45, 2.75) is 44.9 Å². The summed E-state index contributed by atoms with van der Waals surface area (Å²) in [5.74, 6) is -0.923. The van der Waals surface area contributed by atoms with E-state index in [2.05, 4.69) is 5.32 Å². The van der Waals surface area contributed by atoms with Crippen LogP contribution in [0.25, 0.3) is 0 Å². The van der Waals surface area contributed by atoms with Gasteiger partial charge in [0, 0.05) is 24.1 Å². The van der Waals surface area contributed by atoms with Crippen LogP contribution in [0.2, 0.25) is 0 Å². The molecule has 0 unspecified atom stereocenters. The van der Waals surface area contributed by atoms with Gasteiger partial charge in [-0.3, -0.25) is 14.4 Å². The van der Waals surface area contributed by atoms with Gasteiger partial charge in [0.05, 0.1) is 5.41 Å². The van der Waals surface area contributed by atoms with Crippen LogP contribution in [0.4, 0.5) is 5.69 Å². The highest BCUT2D eigenvalue weighted by molar-refractivity contribution is 6.07. The average Bonchev–Trinajstić information content (AvgIpc) is 2.64. The van der Waals surface area contributed by atoms with Crippen molar-refractivity contribution in [1.82, 2.24) is 0 Å². The molecular formula is C16H19NO4. The van der Waals surface area contributed by atoms with Gasteiger partial charge in [0.15, 0.2) is 5.78 Å². The van der Waals surface area contributed by atoms with E-state index in [4.69, 9.17) is 5.11 Å². The molecule has 0 fully saturated rings. The van der Waals surface area contributed by atoms with E-state index in [0.29, 0.717) is 24.8 Å². The van der Waals surface area contributed by atoms with Crippen LogP contribution < -0.4 is 5.32 Å². The van der Waals surface area contributed by atoms with Crippen LogP contribution in [-0.2, 0) is 15.0 Å². The molecule has 21 heavy (non-hydrogen) atoms. The summed E-state index contributed by atoms with van der Waals surface area (Å²) < 4.78 is 0. The number of benzene rings is 1. The molecular weight excluding hydrogens is 270 g/mol. The largest absolute Gasteiger partial charge is 0.481 e. The van der Waals surface area contributed by atoms with Gasteiger partial charge in [0.2, 0.25) is 5.91 Å². The van der Waals surface area contributed by atoms with E-state index in [-0.39, 0.29) is 18.1 Å². The Kier molecular flexibility index (Phi) is 4.11. The fourth-order valence-corrected chi connectivity index (χ4v) is 2.45. The molecule has 1 amide bonds. The molecule has 0 saturated heterocycles. The van der Waals surface area contributed by atoms with Crippen LogP contribution in [0.15, 0.2) is 18.2 Å². The first-order valence-electron chi connectivity index (χ1n) is 7.03. The SMILES string of the molecule is CC1(C)C(=O)Nc2ccc(C(=O)CCCCC(=O)O)cc21. The van der Waals surface area contributed by atoms with Gasteiger partial charge in [-0.15, -0.1) is 0 Å². The van der Waals surface area contributed by atoms with E-state index in [9.17, 15) is 14.4 Å². The first-order valence-corrected chi connectivity index (χ1v) is 7.03. The first kappa shape index (κ1) is 15.2. The highest BCUT2D eigenvalue weighted by Crippen LogP contribution is 2.37. The van der Waals surface area contributed by atoms with Gasteiger partial charge in [-0.25, -0.2) is 0 Å². The highest BCUT2D eigenvalue weighted by atomic mass is 16.4. The molecule has 0 radical (unpaired) electrons. The summed E-state index contributed by atoms with van der Waals surface area (Å²) in [5, 5.41) is 11.4. The number of anilines is 1. The Bertz CT molecular complexity index is 604. The average molecular weight is 289 g/mol. The first-order chi connectivity index (χ1) is 9.82. The Labute approximate surface area is 123 Å². The van der Waals surface area contributed by atoms with Crippen LogP contribution in [0.3, 0.4) is 0 Å². The van der Waals surface area contributed by atoms with E-state index < -0.39 is 11.4 Å². The normalized spacial score (nSPS) is 15.4. The number of carbonyl (C=O) groups excluding carboxylic acids is 2. The minimum Gasteiger partial charge on any atom is -0.481 e. The lowest BCUT2D eigenvalue weighted by atomic mass is 9.85. The number of aliphatic carboxylic acids is 1. The van der Waals surface area contributed by atoms with E-state index in [1.54, 1.807) is 18.2 Å². The summed E-state index contributed by atoms with van der Waals surface area (Å²) in [4.78, 5) is 34.4. The quantitative estimate of drug-likeness (QED) is 0.623. The fraction of sp³-hybridized carbons (Fsp3) is 0.438. The Balaban J connectivity index is 2.06. The van der Waals surface area contributed by atoms with Crippen LogP contribution in [-0.4, -0.2) is 22.8 Å². The molecule has 2 rings (SSSR count). The molecule has 1 aliphatic heterocycles. The molecule has 0 spiro atoms. The third kappa shape index (κ3) is 3.12. The molecule has 1 aliphatic rings. The number of hydrogen-bond acceptors (Lipinski definition) is 3. The number of hydrogen-bond donors (Lipinski definition) is 2. The monoisotopic (exact) mass is 289 g/mol. The molecule has 0 aliphatic carbocycles. The number of carbonyl (C=O) groups is 3. The Hall–Kier alpha value is -2.17. The number of Topliss-reactive ketones (excluding diaryl/α,β-unsaturated/α-hetero) is 1. The number of unbranched alkanes of at least 4 members (excludes halogenated alkanes) is 1. The van der Waals surface area contributed by atoms with E-state index >= 15 is 0 Å². The van der Waals surface area contributed by atoms with E-state index in [1.165, 1.54) is 0 Å². The van der Waals surface area contributed by atoms with Gasteiger partial charge in [-0.1, -0.05) is 0 Å². The molecule has 1 heterocycles. The molecule has 0 aromatic heterocycles. The van der Waals surface area contributed by atoms with E-state index in [0.717, 1.165) is 11.3 Å². The second kappa shape index (κ2) is 5.68. The number of rotatable bonds is 6. The number of fused-ring (bicyclic) bond motifs is 1. The lowest BCUT2D eigenvalue weighted by Crippen LogP contribution is -2.27. The highest BCUT2D eigenvalue weighted by Gasteiger charge is 2.38. The lowest BCUT2D eigenvalue weighted by molar-refractivity contribution is -0.137. The zero-order chi connectivity index (χ0) is 15.6. The van der Waals surface area contributed by atoms with Gasteiger partial charge >= 0.3 is 5.97 Å². The maximum absolute atomic E-state index is 12.1. The predicted molar refractivity (Wildman–Crippen MR) is 78.5 cm³/mol. The van der Waals surface area contributed by atoms with Gasteiger partial charge in [0.25, 0.3) is 0 Å². The molecule has 5 nitrogen and oxygen atoms in total. The molecule has 1 aromatic rings. The van der Waals surface area contributed by atoms with Crippen molar-refractivity contribution in [1.29, 1.82) is 0 Å². The van der Waals surface area contributed by atoms with Crippen molar-refractivity contribution in [3.8, 4) is 0 Å². The second-order valence-electron chi connectivity index (χ2n) is 5.86. The standard InChI is InChI=1S/C16H19NO4/c1-16(2)11-9-10(7-8-12(11)17-15(16)21)13(18)5-3-4-6-14(19)20/h7-9H,3-6H2,1-2H3,(H,17,21)(H,19,20). The number of nitrogens with one attached hydrogen (secondary N) is 1. The van der Waals surface area contributed by atoms with Crippen molar-refractivity contribution in [2.75, 3.05) is 5.32 Å². The van der Waals surface area contributed by atoms with Crippen LogP contribution in [0.1, 0.15) is 55.5 Å². The summed E-state index contributed by atoms with van der Waals surface area (Å²) in [6.07, 6.45) is 1.47. The number of carboxylic acids is 1. The summed E-state index contributed by atoms with van der Waals surface area (Å²) in [5.41, 5.74) is 1.54.